The van der Waals surface area contributed by atoms with Crippen molar-refractivity contribution < 1.29 is 9.21 Å². The first-order valence-corrected chi connectivity index (χ1v) is 5.90. The van der Waals surface area contributed by atoms with Crippen LogP contribution in [-0.2, 0) is 6.54 Å². The molecule has 0 fully saturated rings. The number of anilines is 1. The van der Waals surface area contributed by atoms with Gasteiger partial charge in [-0.2, -0.15) is 0 Å². The van der Waals surface area contributed by atoms with Gasteiger partial charge in [-0.15, -0.1) is 0 Å². The second-order valence-corrected chi connectivity index (χ2v) is 4.34. The largest absolute Gasteiger partial charge is 0.459 e. The lowest BCUT2D eigenvalue weighted by atomic mass is 10.4. The number of nitrogens with one attached hydrogen (secondary N) is 1. The Morgan fingerprint density at radius 3 is 2.84 bits per heavy atom. The maximum Gasteiger partial charge on any atom is 0.287 e. The molecule has 0 saturated carbocycles. The van der Waals surface area contributed by atoms with Crippen LogP contribution < -0.4 is 10.2 Å². The van der Waals surface area contributed by atoms with Gasteiger partial charge in [0.25, 0.3) is 5.91 Å². The molecule has 2 aromatic rings. The lowest BCUT2D eigenvalue weighted by Gasteiger charge is -2.13. The number of amides is 1. The van der Waals surface area contributed by atoms with E-state index >= 15 is 0 Å². The summed E-state index contributed by atoms with van der Waals surface area (Å²) in [6, 6.07) is 5.16. The molecule has 0 bridgehead atoms. The molecule has 0 aliphatic heterocycles. The average molecular weight is 260 g/mol. The third-order valence-electron chi connectivity index (χ3n) is 2.50. The van der Waals surface area contributed by atoms with Crippen LogP contribution in [0.1, 0.15) is 22.1 Å². The highest BCUT2D eigenvalue weighted by Crippen LogP contribution is 2.09. The van der Waals surface area contributed by atoms with Crippen LogP contribution in [0.3, 0.4) is 0 Å². The van der Waals surface area contributed by atoms with E-state index in [0.29, 0.717) is 5.82 Å². The van der Waals surface area contributed by atoms with Gasteiger partial charge in [-0.25, -0.2) is 9.97 Å². The van der Waals surface area contributed by atoms with Crippen LogP contribution in [0.4, 0.5) is 5.82 Å². The van der Waals surface area contributed by atoms with E-state index in [4.69, 9.17) is 4.42 Å². The fraction of sp³-hybridized carbons (Fsp3) is 0.308. The summed E-state index contributed by atoms with van der Waals surface area (Å²) in [4.78, 5) is 22.2. The SMILES string of the molecule is Cc1cc(N(C)C)nc(CNC(=O)c2ccco2)n1. The van der Waals surface area contributed by atoms with Crippen LogP contribution in [0.2, 0.25) is 0 Å². The van der Waals surface area contributed by atoms with Crippen molar-refractivity contribution >= 4 is 11.7 Å². The van der Waals surface area contributed by atoms with Gasteiger partial charge in [0.15, 0.2) is 5.76 Å². The molecule has 0 unspecified atom stereocenters. The van der Waals surface area contributed by atoms with Gasteiger partial charge >= 0.3 is 0 Å². The molecule has 6 heteroatoms. The van der Waals surface area contributed by atoms with Crippen molar-refractivity contribution in [1.29, 1.82) is 0 Å². The van der Waals surface area contributed by atoms with E-state index in [1.54, 1.807) is 12.1 Å². The summed E-state index contributed by atoms with van der Waals surface area (Å²) < 4.78 is 5.01. The maximum atomic E-state index is 11.7. The van der Waals surface area contributed by atoms with Gasteiger partial charge in [0, 0.05) is 25.9 Å². The van der Waals surface area contributed by atoms with Gasteiger partial charge in [0.1, 0.15) is 11.6 Å². The number of aromatic nitrogens is 2. The second kappa shape index (κ2) is 5.51. The van der Waals surface area contributed by atoms with Crippen LogP contribution in [0, 0.1) is 6.92 Å². The number of carbonyl (C=O) groups is 1. The second-order valence-electron chi connectivity index (χ2n) is 4.34. The first-order chi connectivity index (χ1) is 9.06. The fourth-order valence-electron chi connectivity index (χ4n) is 1.57. The van der Waals surface area contributed by atoms with Crippen LogP contribution in [0.25, 0.3) is 0 Å². The average Bonchev–Trinajstić information content (AvgIpc) is 2.89. The molecule has 0 radical (unpaired) electrons. The van der Waals surface area contributed by atoms with Gasteiger partial charge < -0.3 is 14.6 Å². The molecule has 0 spiro atoms. The van der Waals surface area contributed by atoms with E-state index in [1.807, 2.05) is 32.0 Å². The summed E-state index contributed by atoms with van der Waals surface area (Å²) >= 11 is 0. The summed E-state index contributed by atoms with van der Waals surface area (Å²) in [6.45, 7) is 2.16. The standard InChI is InChI=1S/C13H16N4O2/c1-9-7-12(17(2)3)16-11(15-9)8-14-13(18)10-5-4-6-19-10/h4-7H,8H2,1-3H3,(H,14,18). The molecule has 2 rings (SSSR count). The summed E-state index contributed by atoms with van der Waals surface area (Å²) in [5.41, 5.74) is 0.862. The molecule has 0 aromatic carbocycles. The molecule has 2 heterocycles. The molecule has 0 aliphatic rings. The Morgan fingerprint density at radius 2 is 2.21 bits per heavy atom. The van der Waals surface area contributed by atoms with E-state index in [-0.39, 0.29) is 18.2 Å². The number of nitrogens with zero attached hydrogens (tertiary/aromatic N) is 3. The van der Waals surface area contributed by atoms with Gasteiger partial charge in [-0.05, 0) is 19.1 Å². The smallest absolute Gasteiger partial charge is 0.287 e. The summed E-state index contributed by atoms with van der Waals surface area (Å²) in [6.07, 6.45) is 1.46. The summed E-state index contributed by atoms with van der Waals surface area (Å²) in [5.74, 6) is 1.39. The van der Waals surface area contributed by atoms with E-state index < -0.39 is 0 Å². The summed E-state index contributed by atoms with van der Waals surface area (Å²) in [7, 11) is 3.82. The molecule has 0 atom stereocenters. The number of furan rings is 1. The van der Waals surface area contributed by atoms with Crippen molar-refractivity contribution in [2.45, 2.75) is 13.5 Å². The molecular formula is C13H16N4O2. The third kappa shape index (κ3) is 3.31. The Labute approximate surface area is 111 Å². The Balaban J connectivity index is 2.05. The van der Waals surface area contributed by atoms with Crippen molar-refractivity contribution in [2.75, 3.05) is 19.0 Å². The highest BCUT2D eigenvalue weighted by Gasteiger charge is 2.09. The minimum absolute atomic E-state index is 0.266. The monoisotopic (exact) mass is 260 g/mol. The molecule has 0 saturated heterocycles. The maximum absolute atomic E-state index is 11.7. The van der Waals surface area contributed by atoms with Crippen LogP contribution >= 0.6 is 0 Å². The first kappa shape index (κ1) is 13.1. The quantitative estimate of drug-likeness (QED) is 0.899. The molecular weight excluding hydrogens is 244 g/mol. The van der Waals surface area contributed by atoms with E-state index in [0.717, 1.165) is 11.5 Å². The van der Waals surface area contributed by atoms with Crippen LogP contribution in [0.15, 0.2) is 28.9 Å². The van der Waals surface area contributed by atoms with E-state index in [2.05, 4.69) is 15.3 Å². The van der Waals surface area contributed by atoms with Crippen molar-refractivity contribution in [1.82, 2.24) is 15.3 Å². The normalized spacial score (nSPS) is 10.3. The third-order valence-corrected chi connectivity index (χ3v) is 2.50. The van der Waals surface area contributed by atoms with Crippen molar-refractivity contribution in [3.8, 4) is 0 Å². The van der Waals surface area contributed by atoms with E-state index in [9.17, 15) is 4.79 Å². The number of rotatable bonds is 4. The Kier molecular flexibility index (Phi) is 3.79. The van der Waals surface area contributed by atoms with Crippen molar-refractivity contribution in [3.05, 3.63) is 41.7 Å². The highest BCUT2D eigenvalue weighted by atomic mass is 16.3. The lowest BCUT2D eigenvalue weighted by molar-refractivity contribution is 0.0922. The topological polar surface area (TPSA) is 71.3 Å². The number of hydrogen-bond donors (Lipinski definition) is 1. The predicted octanol–water partition coefficient (Wildman–Crippen LogP) is 1.37. The zero-order valence-corrected chi connectivity index (χ0v) is 11.2. The zero-order valence-electron chi connectivity index (χ0n) is 11.2. The number of aryl methyl sites for hydroxylation is 1. The van der Waals surface area contributed by atoms with Gasteiger partial charge in [-0.3, -0.25) is 4.79 Å². The Morgan fingerprint density at radius 1 is 1.42 bits per heavy atom. The molecule has 6 nitrogen and oxygen atoms in total. The minimum Gasteiger partial charge on any atom is -0.459 e. The van der Waals surface area contributed by atoms with Crippen molar-refractivity contribution in [3.63, 3.8) is 0 Å². The number of carbonyl (C=O) groups excluding carboxylic acids is 1. The minimum atomic E-state index is -0.276. The zero-order chi connectivity index (χ0) is 13.8. The van der Waals surface area contributed by atoms with Gasteiger partial charge in [-0.1, -0.05) is 0 Å². The fourth-order valence-corrected chi connectivity index (χ4v) is 1.57. The highest BCUT2D eigenvalue weighted by molar-refractivity contribution is 5.91. The lowest BCUT2D eigenvalue weighted by Crippen LogP contribution is -2.24. The molecule has 0 aliphatic carbocycles. The van der Waals surface area contributed by atoms with Gasteiger partial charge in [0.05, 0.1) is 12.8 Å². The molecule has 1 amide bonds. The first-order valence-electron chi connectivity index (χ1n) is 5.90. The van der Waals surface area contributed by atoms with E-state index in [1.165, 1.54) is 6.26 Å². The van der Waals surface area contributed by atoms with Crippen molar-refractivity contribution in [2.24, 2.45) is 0 Å². The Hall–Kier alpha value is -2.37. The van der Waals surface area contributed by atoms with Gasteiger partial charge in [0.2, 0.25) is 0 Å². The molecule has 100 valence electrons. The molecule has 1 N–H and O–H groups in total. The molecule has 19 heavy (non-hydrogen) atoms. The Bertz CT molecular complexity index is 564. The van der Waals surface area contributed by atoms with Crippen LogP contribution in [0.5, 0.6) is 0 Å². The predicted molar refractivity (Wildman–Crippen MR) is 71.0 cm³/mol. The summed E-state index contributed by atoms with van der Waals surface area (Å²) in [5, 5.41) is 2.72. The molecule has 2 aromatic heterocycles. The van der Waals surface area contributed by atoms with Crippen LogP contribution in [-0.4, -0.2) is 30.0 Å². The number of hydrogen-bond acceptors (Lipinski definition) is 5.